The lowest BCUT2D eigenvalue weighted by atomic mass is 10.1. The third kappa shape index (κ3) is 3.87. The molecule has 1 aromatic heterocycles. The predicted octanol–water partition coefficient (Wildman–Crippen LogP) is 2.02. The first-order valence-electron chi connectivity index (χ1n) is 7.78. The second-order valence-electron chi connectivity index (χ2n) is 5.78. The number of hydrogen-bond donors (Lipinski definition) is 1. The largest absolute Gasteiger partial charge is 0.491 e. The van der Waals surface area contributed by atoms with E-state index in [0.717, 1.165) is 18.5 Å². The molecule has 1 aliphatic heterocycles. The molecular weight excluding hydrogens is 282 g/mol. The Bertz CT molecular complexity index is 676. The number of fused-ring (bicyclic) bond motifs is 1. The topological polar surface area (TPSA) is 62.9 Å². The van der Waals surface area contributed by atoms with Crippen molar-refractivity contribution >= 4 is 11.0 Å². The molecule has 118 valence electrons. The molecule has 3 rings (SSSR count). The van der Waals surface area contributed by atoms with Crippen LogP contribution < -0.4 is 10.4 Å². The lowest BCUT2D eigenvalue weighted by Gasteiger charge is -2.28. The molecule has 1 fully saturated rings. The molecule has 0 saturated carbocycles. The Kier molecular flexibility index (Phi) is 4.75. The fraction of sp³-hybridized carbons (Fsp3) is 0.471. The van der Waals surface area contributed by atoms with E-state index in [2.05, 4.69) is 4.90 Å². The summed E-state index contributed by atoms with van der Waals surface area (Å²) in [7, 11) is 0. The second-order valence-corrected chi connectivity index (χ2v) is 5.78. The maximum Gasteiger partial charge on any atom is 0.336 e. The van der Waals surface area contributed by atoms with Crippen LogP contribution in [0.5, 0.6) is 5.75 Å². The van der Waals surface area contributed by atoms with Gasteiger partial charge in [-0.2, -0.15) is 0 Å². The number of ether oxygens (including phenoxy) is 1. The lowest BCUT2D eigenvalue weighted by molar-refractivity contribution is 0.0617. The number of β-amino-alcohol motifs (C(OH)–C–C–N with tert-alkyl or cyclic N) is 1. The quantitative estimate of drug-likeness (QED) is 0.856. The highest BCUT2D eigenvalue weighted by molar-refractivity contribution is 5.77. The lowest BCUT2D eigenvalue weighted by Crippen LogP contribution is -2.38. The SMILES string of the molecule is O=c1ccc2ccc(OC[C@H](O)CN3CCCCC3)cc2o1. The molecule has 1 aliphatic rings. The zero-order chi connectivity index (χ0) is 15.4. The Balaban J connectivity index is 1.57. The number of likely N-dealkylation sites (tertiary alicyclic amines) is 1. The molecule has 22 heavy (non-hydrogen) atoms. The van der Waals surface area contributed by atoms with Gasteiger partial charge < -0.3 is 19.2 Å². The van der Waals surface area contributed by atoms with Gasteiger partial charge in [0.15, 0.2) is 0 Å². The van der Waals surface area contributed by atoms with Crippen LogP contribution in [0.2, 0.25) is 0 Å². The molecule has 1 saturated heterocycles. The van der Waals surface area contributed by atoms with Crippen molar-refractivity contribution in [3.05, 3.63) is 40.8 Å². The second kappa shape index (κ2) is 6.94. The van der Waals surface area contributed by atoms with Crippen LogP contribution in [0.25, 0.3) is 11.0 Å². The molecule has 5 nitrogen and oxygen atoms in total. The average molecular weight is 303 g/mol. The number of aliphatic hydroxyl groups is 1. The smallest absolute Gasteiger partial charge is 0.336 e. The normalized spacial score (nSPS) is 17.5. The standard InChI is InChI=1S/C17H21NO4/c19-14(11-18-8-2-1-3-9-18)12-21-15-6-4-13-5-7-17(20)22-16(13)10-15/h4-7,10,14,19H,1-3,8-9,11-12H2/t14-/m1/s1. The highest BCUT2D eigenvalue weighted by Gasteiger charge is 2.15. The summed E-state index contributed by atoms with van der Waals surface area (Å²) in [5, 5.41) is 10.9. The number of benzene rings is 1. The summed E-state index contributed by atoms with van der Waals surface area (Å²) in [5.74, 6) is 0.597. The minimum atomic E-state index is -0.517. The third-order valence-electron chi connectivity index (χ3n) is 3.95. The van der Waals surface area contributed by atoms with Crippen LogP contribution in [-0.2, 0) is 0 Å². The van der Waals surface area contributed by atoms with Crippen molar-refractivity contribution in [3.8, 4) is 5.75 Å². The van der Waals surface area contributed by atoms with E-state index >= 15 is 0 Å². The average Bonchev–Trinajstić information content (AvgIpc) is 2.53. The number of hydrogen-bond acceptors (Lipinski definition) is 5. The molecule has 2 heterocycles. The van der Waals surface area contributed by atoms with E-state index in [1.165, 1.54) is 25.3 Å². The molecule has 1 aromatic carbocycles. The van der Waals surface area contributed by atoms with Crippen LogP contribution in [-0.4, -0.2) is 42.4 Å². The van der Waals surface area contributed by atoms with Gasteiger partial charge in [-0.1, -0.05) is 6.42 Å². The van der Waals surface area contributed by atoms with E-state index in [9.17, 15) is 9.90 Å². The molecule has 1 atom stereocenters. The first kappa shape index (κ1) is 15.1. The van der Waals surface area contributed by atoms with Crippen LogP contribution in [0.4, 0.5) is 0 Å². The van der Waals surface area contributed by atoms with Gasteiger partial charge in [-0.15, -0.1) is 0 Å². The first-order chi connectivity index (χ1) is 10.7. The van der Waals surface area contributed by atoms with E-state index < -0.39 is 6.10 Å². The molecule has 1 N–H and O–H groups in total. The highest BCUT2D eigenvalue weighted by Crippen LogP contribution is 2.19. The van der Waals surface area contributed by atoms with Crippen molar-refractivity contribution in [2.24, 2.45) is 0 Å². The minimum absolute atomic E-state index is 0.235. The van der Waals surface area contributed by atoms with Crippen molar-refractivity contribution in [2.45, 2.75) is 25.4 Å². The van der Waals surface area contributed by atoms with Crippen molar-refractivity contribution in [1.82, 2.24) is 4.90 Å². The molecule has 0 aliphatic carbocycles. The maximum atomic E-state index is 11.2. The van der Waals surface area contributed by atoms with Gasteiger partial charge in [0.05, 0.1) is 0 Å². The Labute approximate surface area is 129 Å². The summed E-state index contributed by atoms with van der Waals surface area (Å²) in [6, 6.07) is 8.45. The van der Waals surface area contributed by atoms with Gasteiger partial charge in [0.25, 0.3) is 0 Å². The molecular formula is C17H21NO4. The molecule has 0 amide bonds. The van der Waals surface area contributed by atoms with Crippen LogP contribution in [0.3, 0.4) is 0 Å². The summed E-state index contributed by atoms with van der Waals surface area (Å²) in [6.07, 6.45) is 3.18. The van der Waals surface area contributed by atoms with Gasteiger partial charge in [0, 0.05) is 24.1 Å². The minimum Gasteiger partial charge on any atom is -0.491 e. The van der Waals surface area contributed by atoms with Crippen LogP contribution in [0.1, 0.15) is 19.3 Å². The number of aliphatic hydroxyl groups excluding tert-OH is 1. The number of rotatable bonds is 5. The monoisotopic (exact) mass is 303 g/mol. The summed E-state index contributed by atoms with van der Waals surface area (Å²) in [6.45, 7) is 2.98. The fourth-order valence-electron chi connectivity index (χ4n) is 2.82. The Morgan fingerprint density at radius 2 is 1.95 bits per heavy atom. The van der Waals surface area contributed by atoms with Gasteiger partial charge >= 0.3 is 5.63 Å². The molecule has 0 radical (unpaired) electrons. The van der Waals surface area contributed by atoms with Crippen molar-refractivity contribution in [2.75, 3.05) is 26.2 Å². The zero-order valence-corrected chi connectivity index (χ0v) is 12.5. The van der Waals surface area contributed by atoms with Crippen molar-refractivity contribution in [3.63, 3.8) is 0 Å². The third-order valence-corrected chi connectivity index (χ3v) is 3.95. The predicted molar refractivity (Wildman–Crippen MR) is 84.3 cm³/mol. The molecule has 0 unspecified atom stereocenters. The summed E-state index contributed by atoms with van der Waals surface area (Å²) >= 11 is 0. The zero-order valence-electron chi connectivity index (χ0n) is 12.5. The maximum absolute atomic E-state index is 11.2. The molecule has 5 heteroatoms. The highest BCUT2D eigenvalue weighted by atomic mass is 16.5. The summed E-state index contributed by atoms with van der Waals surface area (Å²) < 4.78 is 10.7. The van der Waals surface area contributed by atoms with Gasteiger partial charge in [-0.3, -0.25) is 0 Å². The van der Waals surface area contributed by atoms with Gasteiger partial charge in [0.2, 0.25) is 0 Å². The van der Waals surface area contributed by atoms with E-state index in [1.54, 1.807) is 12.1 Å². The van der Waals surface area contributed by atoms with Crippen molar-refractivity contribution in [1.29, 1.82) is 0 Å². The molecule has 0 spiro atoms. The molecule has 2 aromatic rings. The van der Waals surface area contributed by atoms with Crippen molar-refractivity contribution < 1.29 is 14.3 Å². The number of piperidine rings is 1. The summed E-state index contributed by atoms with van der Waals surface area (Å²) in [4.78, 5) is 13.5. The van der Waals surface area contributed by atoms with Crippen LogP contribution in [0, 0.1) is 0 Å². The first-order valence-corrected chi connectivity index (χ1v) is 7.78. The van der Waals surface area contributed by atoms with E-state index in [0.29, 0.717) is 17.9 Å². The number of nitrogens with zero attached hydrogens (tertiary/aromatic N) is 1. The Morgan fingerprint density at radius 3 is 2.77 bits per heavy atom. The molecule has 0 bridgehead atoms. The summed E-state index contributed by atoms with van der Waals surface area (Å²) in [5.41, 5.74) is 0.116. The van der Waals surface area contributed by atoms with Gasteiger partial charge in [0.1, 0.15) is 24.0 Å². The van der Waals surface area contributed by atoms with E-state index in [1.807, 2.05) is 12.1 Å². The van der Waals surface area contributed by atoms with E-state index in [4.69, 9.17) is 9.15 Å². The van der Waals surface area contributed by atoms with Crippen LogP contribution in [0.15, 0.2) is 39.5 Å². The van der Waals surface area contributed by atoms with Crippen LogP contribution >= 0.6 is 0 Å². The Morgan fingerprint density at radius 1 is 1.18 bits per heavy atom. The van der Waals surface area contributed by atoms with Gasteiger partial charge in [-0.25, -0.2) is 4.79 Å². The van der Waals surface area contributed by atoms with Gasteiger partial charge in [-0.05, 0) is 44.1 Å². The van der Waals surface area contributed by atoms with E-state index in [-0.39, 0.29) is 12.2 Å². The Hall–Kier alpha value is -1.85. The fourth-order valence-corrected chi connectivity index (χ4v) is 2.82.